The second-order valence-corrected chi connectivity index (χ2v) is 6.86. The maximum atomic E-state index is 12.9. The van der Waals surface area contributed by atoms with Crippen LogP contribution in [-0.2, 0) is 14.3 Å². The van der Waals surface area contributed by atoms with Crippen molar-refractivity contribution in [3.63, 3.8) is 0 Å². The molecule has 0 aromatic heterocycles. The van der Waals surface area contributed by atoms with Crippen molar-refractivity contribution in [2.45, 2.75) is 19.4 Å². The van der Waals surface area contributed by atoms with Crippen molar-refractivity contribution < 1.29 is 29.3 Å². The third-order valence-corrected chi connectivity index (χ3v) is 5.00. The van der Waals surface area contributed by atoms with Gasteiger partial charge in [0.2, 0.25) is 0 Å². The largest absolute Gasteiger partial charge is 0.508 e. The minimum absolute atomic E-state index is 0.0206. The number of phenols is 1. The summed E-state index contributed by atoms with van der Waals surface area (Å²) in [7, 11) is 1.54. The van der Waals surface area contributed by atoms with Crippen LogP contribution in [0.4, 0.5) is 0 Å². The minimum atomic E-state index is -0.755. The predicted octanol–water partition coefficient (Wildman–Crippen LogP) is 3.25. The molecule has 30 heavy (non-hydrogen) atoms. The van der Waals surface area contributed by atoms with Gasteiger partial charge in [0.05, 0.1) is 18.7 Å². The maximum absolute atomic E-state index is 12.9. The molecule has 2 N–H and O–H groups in total. The molecule has 1 unspecified atom stereocenters. The van der Waals surface area contributed by atoms with Crippen LogP contribution in [0.5, 0.6) is 11.5 Å². The Morgan fingerprint density at radius 2 is 1.73 bits per heavy atom. The van der Waals surface area contributed by atoms with Crippen LogP contribution >= 0.6 is 0 Å². The average molecular weight is 411 g/mol. The molecule has 3 rings (SSSR count). The molecule has 0 bridgehead atoms. The summed E-state index contributed by atoms with van der Waals surface area (Å²) < 4.78 is 10.5. The maximum Gasteiger partial charge on any atom is 0.295 e. The van der Waals surface area contributed by atoms with Gasteiger partial charge in [0.15, 0.2) is 0 Å². The van der Waals surface area contributed by atoms with Crippen molar-refractivity contribution in [2.24, 2.45) is 0 Å². The normalized spacial score (nSPS) is 18.1. The van der Waals surface area contributed by atoms with E-state index >= 15 is 0 Å². The molecule has 0 spiro atoms. The fourth-order valence-corrected chi connectivity index (χ4v) is 3.50. The van der Waals surface area contributed by atoms with Gasteiger partial charge in [0, 0.05) is 25.3 Å². The van der Waals surface area contributed by atoms with Crippen LogP contribution in [0.15, 0.2) is 54.1 Å². The number of Topliss-reactive ketones (excluding diaryl/α,β-unsaturated/α-hetero) is 1. The topological polar surface area (TPSA) is 96.3 Å². The first-order chi connectivity index (χ1) is 14.5. The summed E-state index contributed by atoms with van der Waals surface area (Å²) >= 11 is 0. The van der Waals surface area contributed by atoms with Crippen LogP contribution in [0.2, 0.25) is 0 Å². The highest BCUT2D eigenvalue weighted by Gasteiger charge is 2.45. The lowest BCUT2D eigenvalue weighted by atomic mass is 9.95. The van der Waals surface area contributed by atoms with Crippen LogP contribution in [0.25, 0.3) is 5.76 Å². The summed E-state index contributed by atoms with van der Waals surface area (Å²) in [4.78, 5) is 27.1. The Hall–Kier alpha value is -3.32. The standard InChI is InChI=1S/C23H25NO6/c1-3-30-14-4-13-24-20(15-5-9-17(25)10-6-15)19(22(27)23(24)28)21(26)16-7-11-18(29-2)12-8-16/h5-12,20,25-26H,3-4,13-14H2,1-2H3/b21-19+. The van der Waals surface area contributed by atoms with E-state index in [9.17, 15) is 19.8 Å². The van der Waals surface area contributed by atoms with Gasteiger partial charge in [-0.1, -0.05) is 12.1 Å². The Kier molecular flexibility index (Phi) is 6.74. The zero-order valence-electron chi connectivity index (χ0n) is 17.0. The molecule has 1 atom stereocenters. The number of phenolic OH excluding ortho intramolecular Hbond substituents is 1. The SMILES string of the molecule is CCOCCCN1C(=O)C(=O)/C(=C(/O)c2ccc(OC)cc2)C1c1ccc(O)cc1. The van der Waals surface area contributed by atoms with Gasteiger partial charge in [0.1, 0.15) is 17.3 Å². The molecule has 1 saturated heterocycles. The number of benzene rings is 2. The Bertz CT molecular complexity index is 933. The van der Waals surface area contributed by atoms with Crippen LogP contribution < -0.4 is 4.74 Å². The van der Waals surface area contributed by atoms with Gasteiger partial charge >= 0.3 is 0 Å². The number of amides is 1. The lowest BCUT2D eigenvalue weighted by Gasteiger charge is -2.25. The molecule has 7 heteroatoms. The highest BCUT2D eigenvalue weighted by Crippen LogP contribution is 2.40. The zero-order chi connectivity index (χ0) is 21.7. The van der Waals surface area contributed by atoms with E-state index in [0.29, 0.717) is 43.1 Å². The number of rotatable bonds is 8. The van der Waals surface area contributed by atoms with Crippen molar-refractivity contribution in [1.82, 2.24) is 4.90 Å². The van der Waals surface area contributed by atoms with Crippen LogP contribution in [0.1, 0.15) is 30.5 Å². The number of likely N-dealkylation sites (tertiary alicyclic amines) is 1. The Labute approximate surface area is 175 Å². The van der Waals surface area contributed by atoms with Crippen molar-refractivity contribution >= 4 is 17.4 Å². The van der Waals surface area contributed by atoms with Gasteiger partial charge in [0.25, 0.3) is 11.7 Å². The smallest absolute Gasteiger partial charge is 0.295 e. The average Bonchev–Trinajstić information content (AvgIpc) is 3.01. The van der Waals surface area contributed by atoms with Crippen molar-refractivity contribution in [1.29, 1.82) is 0 Å². The molecule has 1 aliphatic heterocycles. The van der Waals surface area contributed by atoms with E-state index in [4.69, 9.17) is 9.47 Å². The number of aliphatic hydroxyl groups is 1. The summed E-state index contributed by atoms with van der Waals surface area (Å²) in [6.07, 6.45) is 0.554. The number of methoxy groups -OCH3 is 1. The molecule has 2 aromatic rings. The predicted molar refractivity (Wildman–Crippen MR) is 111 cm³/mol. The summed E-state index contributed by atoms with van der Waals surface area (Å²) in [6.45, 7) is 3.21. The summed E-state index contributed by atoms with van der Waals surface area (Å²) in [5.41, 5.74) is 1.05. The number of hydrogen-bond donors (Lipinski definition) is 2. The number of hydrogen-bond acceptors (Lipinski definition) is 6. The highest BCUT2D eigenvalue weighted by atomic mass is 16.5. The first-order valence-electron chi connectivity index (χ1n) is 9.77. The van der Waals surface area contributed by atoms with E-state index < -0.39 is 17.7 Å². The molecular formula is C23H25NO6. The van der Waals surface area contributed by atoms with Crippen molar-refractivity contribution in [2.75, 3.05) is 26.9 Å². The Balaban J connectivity index is 2.04. The molecule has 7 nitrogen and oxygen atoms in total. The van der Waals surface area contributed by atoms with E-state index in [0.717, 1.165) is 0 Å². The molecule has 1 fully saturated rings. The number of carbonyl (C=O) groups excluding carboxylic acids is 2. The first kappa shape index (κ1) is 21.4. The van der Waals surface area contributed by atoms with E-state index in [-0.39, 0.29) is 17.1 Å². The molecule has 1 aliphatic rings. The molecule has 0 saturated carbocycles. The van der Waals surface area contributed by atoms with Gasteiger partial charge in [-0.15, -0.1) is 0 Å². The molecule has 0 radical (unpaired) electrons. The highest BCUT2D eigenvalue weighted by molar-refractivity contribution is 6.46. The Morgan fingerprint density at radius 3 is 2.33 bits per heavy atom. The molecule has 1 amide bonds. The number of ketones is 1. The fraction of sp³-hybridized carbons (Fsp3) is 0.304. The molecular weight excluding hydrogens is 386 g/mol. The van der Waals surface area contributed by atoms with Crippen LogP contribution in [-0.4, -0.2) is 53.7 Å². The van der Waals surface area contributed by atoms with E-state index in [1.54, 1.807) is 36.4 Å². The van der Waals surface area contributed by atoms with Gasteiger partial charge < -0.3 is 24.6 Å². The molecule has 158 valence electrons. The number of nitrogens with zero attached hydrogens (tertiary/aromatic N) is 1. The van der Waals surface area contributed by atoms with E-state index in [2.05, 4.69) is 0 Å². The van der Waals surface area contributed by atoms with E-state index in [1.807, 2.05) is 6.92 Å². The van der Waals surface area contributed by atoms with Crippen LogP contribution in [0, 0.1) is 0 Å². The summed E-state index contributed by atoms with van der Waals surface area (Å²) in [5, 5.41) is 20.6. The van der Waals surface area contributed by atoms with Gasteiger partial charge in [-0.2, -0.15) is 0 Å². The third kappa shape index (κ3) is 4.31. The summed E-state index contributed by atoms with van der Waals surface area (Å²) in [6, 6.07) is 12.1. The quantitative estimate of drug-likeness (QED) is 0.300. The second kappa shape index (κ2) is 9.45. The fourth-order valence-electron chi connectivity index (χ4n) is 3.50. The van der Waals surface area contributed by atoms with E-state index in [1.165, 1.54) is 24.1 Å². The monoisotopic (exact) mass is 411 g/mol. The number of aromatic hydroxyl groups is 1. The molecule has 2 aromatic carbocycles. The number of aliphatic hydroxyl groups excluding tert-OH is 1. The minimum Gasteiger partial charge on any atom is -0.508 e. The van der Waals surface area contributed by atoms with Gasteiger partial charge in [-0.05, 0) is 55.3 Å². The zero-order valence-corrected chi connectivity index (χ0v) is 17.0. The third-order valence-electron chi connectivity index (χ3n) is 5.00. The molecule has 1 heterocycles. The van der Waals surface area contributed by atoms with Gasteiger partial charge in [-0.3, -0.25) is 9.59 Å². The molecule has 0 aliphatic carbocycles. The Morgan fingerprint density at radius 1 is 1.07 bits per heavy atom. The number of carbonyl (C=O) groups is 2. The van der Waals surface area contributed by atoms with Crippen LogP contribution in [0.3, 0.4) is 0 Å². The lowest BCUT2D eigenvalue weighted by Crippen LogP contribution is -2.31. The summed E-state index contributed by atoms with van der Waals surface area (Å²) in [5.74, 6) is -0.973. The lowest BCUT2D eigenvalue weighted by molar-refractivity contribution is -0.140. The number of ether oxygens (including phenoxy) is 2. The van der Waals surface area contributed by atoms with Crippen molar-refractivity contribution in [3.8, 4) is 11.5 Å². The van der Waals surface area contributed by atoms with Gasteiger partial charge in [-0.25, -0.2) is 0 Å². The second-order valence-electron chi connectivity index (χ2n) is 6.86. The van der Waals surface area contributed by atoms with Crippen molar-refractivity contribution in [3.05, 3.63) is 65.2 Å². The first-order valence-corrected chi connectivity index (χ1v) is 9.77.